The first-order valence-corrected chi connectivity index (χ1v) is 3.21. The minimum absolute atomic E-state index is 0.825. The second-order valence-corrected chi connectivity index (χ2v) is 2.03. The Morgan fingerprint density at radius 2 is 2.57 bits per heavy atom. The van der Waals surface area contributed by atoms with Crippen LogP contribution < -0.4 is 0 Å². The highest BCUT2D eigenvalue weighted by Gasteiger charge is 2.03. The highest BCUT2D eigenvalue weighted by Crippen LogP contribution is 2.11. The lowest BCUT2D eigenvalue weighted by Crippen LogP contribution is -1.77. The monoisotopic (exact) mass is 162 g/mol. The van der Waals surface area contributed by atoms with Crippen molar-refractivity contribution < 1.29 is 4.74 Å². The van der Waals surface area contributed by atoms with Crippen molar-refractivity contribution in [3.05, 3.63) is 10.6 Å². The van der Waals surface area contributed by atoms with E-state index in [0.29, 0.717) is 0 Å². The van der Waals surface area contributed by atoms with Gasteiger partial charge in [-0.15, -0.1) is 0 Å². The number of halogens is 1. The summed E-state index contributed by atoms with van der Waals surface area (Å²) < 4.78 is 5.05. The SMILES string of the molecule is Br/C=C1/CCOC1. The average Bonchev–Trinajstić information content (AvgIpc) is 2.14. The summed E-state index contributed by atoms with van der Waals surface area (Å²) in [6.07, 6.45) is 1.10. The second kappa shape index (κ2) is 2.48. The molecule has 0 radical (unpaired) electrons. The van der Waals surface area contributed by atoms with Crippen LogP contribution in [0.2, 0.25) is 0 Å². The van der Waals surface area contributed by atoms with E-state index >= 15 is 0 Å². The van der Waals surface area contributed by atoms with Crippen LogP contribution >= 0.6 is 15.9 Å². The number of hydrogen-bond donors (Lipinski definition) is 0. The van der Waals surface area contributed by atoms with Gasteiger partial charge in [0.25, 0.3) is 0 Å². The van der Waals surface area contributed by atoms with Gasteiger partial charge >= 0.3 is 0 Å². The third-order valence-corrected chi connectivity index (χ3v) is 1.66. The van der Waals surface area contributed by atoms with Gasteiger partial charge in [0, 0.05) is 0 Å². The maximum absolute atomic E-state index is 5.05. The van der Waals surface area contributed by atoms with Crippen molar-refractivity contribution in [2.24, 2.45) is 0 Å². The van der Waals surface area contributed by atoms with Crippen molar-refractivity contribution in [1.29, 1.82) is 0 Å². The molecule has 0 atom stereocenters. The molecule has 0 bridgehead atoms. The van der Waals surface area contributed by atoms with E-state index in [1.54, 1.807) is 0 Å². The Morgan fingerprint density at radius 3 is 2.86 bits per heavy atom. The van der Waals surface area contributed by atoms with E-state index in [-0.39, 0.29) is 0 Å². The maximum Gasteiger partial charge on any atom is 0.0685 e. The van der Waals surface area contributed by atoms with E-state index in [1.807, 2.05) is 4.99 Å². The zero-order chi connectivity index (χ0) is 5.11. The summed E-state index contributed by atoms with van der Waals surface area (Å²) in [7, 11) is 0. The third kappa shape index (κ3) is 1.28. The van der Waals surface area contributed by atoms with Crippen LogP contribution in [0.15, 0.2) is 10.6 Å². The molecule has 1 aliphatic heterocycles. The molecule has 0 aromatic heterocycles. The Balaban J connectivity index is 2.41. The van der Waals surface area contributed by atoms with E-state index in [9.17, 15) is 0 Å². The molecule has 0 saturated carbocycles. The first-order valence-electron chi connectivity index (χ1n) is 2.29. The van der Waals surface area contributed by atoms with Crippen molar-refractivity contribution in [1.82, 2.24) is 0 Å². The number of rotatable bonds is 0. The first-order chi connectivity index (χ1) is 3.43. The van der Waals surface area contributed by atoms with Crippen molar-refractivity contribution in [3.63, 3.8) is 0 Å². The fourth-order valence-electron chi connectivity index (χ4n) is 0.565. The Morgan fingerprint density at radius 1 is 1.71 bits per heavy atom. The standard InChI is InChI=1S/C5H7BrO/c6-3-5-1-2-7-4-5/h3H,1-2,4H2/b5-3-. The largest absolute Gasteiger partial charge is 0.377 e. The highest BCUT2D eigenvalue weighted by atomic mass is 79.9. The number of hydrogen-bond acceptors (Lipinski definition) is 1. The predicted molar refractivity (Wildman–Crippen MR) is 32.4 cm³/mol. The molecule has 1 nitrogen and oxygen atoms in total. The molecule has 7 heavy (non-hydrogen) atoms. The van der Waals surface area contributed by atoms with E-state index in [0.717, 1.165) is 19.6 Å². The molecule has 1 rings (SSSR count). The number of ether oxygens (including phenoxy) is 1. The summed E-state index contributed by atoms with van der Waals surface area (Å²) in [5.74, 6) is 0. The molecule has 40 valence electrons. The van der Waals surface area contributed by atoms with Crippen LogP contribution in [0.5, 0.6) is 0 Å². The molecule has 1 saturated heterocycles. The quantitative estimate of drug-likeness (QED) is 0.527. The van der Waals surface area contributed by atoms with Crippen molar-refractivity contribution >= 4 is 15.9 Å². The smallest absolute Gasteiger partial charge is 0.0685 e. The van der Waals surface area contributed by atoms with Gasteiger partial charge in [0.15, 0.2) is 0 Å². The molecule has 1 fully saturated rings. The van der Waals surface area contributed by atoms with Gasteiger partial charge < -0.3 is 4.74 Å². The van der Waals surface area contributed by atoms with Gasteiger partial charge in [-0.2, -0.15) is 0 Å². The fourth-order valence-corrected chi connectivity index (χ4v) is 0.926. The highest BCUT2D eigenvalue weighted by molar-refractivity contribution is 9.11. The van der Waals surface area contributed by atoms with Gasteiger partial charge in [0.1, 0.15) is 0 Å². The van der Waals surface area contributed by atoms with Gasteiger partial charge in [-0.25, -0.2) is 0 Å². The van der Waals surface area contributed by atoms with Crippen molar-refractivity contribution in [3.8, 4) is 0 Å². The summed E-state index contributed by atoms with van der Waals surface area (Å²) in [6, 6.07) is 0. The minimum Gasteiger partial charge on any atom is -0.377 e. The third-order valence-electron chi connectivity index (χ3n) is 1.01. The summed E-state index contributed by atoms with van der Waals surface area (Å²) in [5.41, 5.74) is 1.36. The molecule has 1 heterocycles. The van der Waals surface area contributed by atoms with Gasteiger partial charge in [-0.05, 0) is 17.0 Å². The Bertz CT molecular complexity index is 80.1. The summed E-state index contributed by atoms with van der Waals surface area (Å²) in [5, 5.41) is 0. The minimum atomic E-state index is 0.825. The maximum atomic E-state index is 5.05. The van der Waals surface area contributed by atoms with Gasteiger partial charge in [0.2, 0.25) is 0 Å². The van der Waals surface area contributed by atoms with E-state index in [2.05, 4.69) is 15.9 Å². The van der Waals surface area contributed by atoms with Crippen LogP contribution in [-0.4, -0.2) is 13.2 Å². The first kappa shape index (κ1) is 5.32. The van der Waals surface area contributed by atoms with Crippen molar-refractivity contribution in [2.45, 2.75) is 6.42 Å². The van der Waals surface area contributed by atoms with E-state index in [1.165, 1.54) is 5.57 Å². The zero-order valence-electron chi connectivity index (χ0n) is 3.98. The van der Waals surface area contributed by atoms with Crippen LogP contribution in [0.4, 0.5) is 0 Å². The lowest BCUT2D eigenvalue weighted by Gasteiger charge is -1.82. The normalized spacial score (nSPS) is 26.7. The van der Waals surface area contributed by atoms with Crippen LogP contribution in [-0.2, 0) is 4.74 Å². The Labute approximate surface area is 51.5 Å². The second-order valence-electron chi connectivity index (χ2n) is 1.57. The molecular weight excluding hydrogens is 156 g/mol. The molecule has 0 aliphatic carbocycles. The summed E-state index contributed by atoms with van der Waals surface area (Å²) in [4.78, 5) is 1.94. The fraction of sp³-hybridized carbons (Fsp3) is 0.600. The van der Waals surface area contributed by atoms with Crippen LogP contribution in [0.25, 0.3) is 0 Å². The summed E-state index contributed by atoms with van der Waals surface area (Å²) >= 11 is 3.23. The lowest BCUT2D eigenvalue weighted by atomic mass is 10.3. The van der Waals surface area contributed by atoms with E-state index < -0.39 is 0 Å². The molecule has 0 spiro atoms. The molecule has 0 aromatic carbocycles. The molecular formula is C5H7BrO. The predicted octanol–water partition coefficient (Wildman–Crippen LogP) is 1.69. The van der Waals surface area contributed by atoms with Crippen LogP contribution in [0.1, 0.15) is 6.42 Å². The van der Waals surface area contributed by atoms with Gasteiger partial charge in [-0.3, -0.25) is 0 Å². The lowest BCUT2D eigenvalue weighted by molar-refractivity contribution is 0.205. The molecule has 0 unspecified atom stereocenters. The molecule has 0 N–H and O–H groups in total. The molecule has 0 aromatic rings. The molecule has 2 heteroatoms. The van der Waals surface area contributed by atoms with Gasteiger partial charge in [-0.1, -0.05) is 15.9 Å². The van der Waals surface area contributed by atoms with Crippen molar-refractivity contribution in [2.75, 3.05) is 13.2 Å². The average molecular weight is 163 g/mol. The van der Waals surface area contributed by atoms with Crippen LogP contribution in [0.3, 0.4) is 0 Å². The van der Waals surface area contributed by atoms with Gasteiger partial charge in [0.05, 0.1) is 13.2 Å². The topological polar surface area (TPSA) is 9.23 Å². The molecule has 0 amide bonds. The van der Waals surface area contributed by atoms with Crippen LogP contribution in [0, 0.1) is 0 Å². The Hall–Kier alpha value is 0.180. The molecule has 1 aliphatic rings. The Kier molecular flexibility index (Phi) is 1.88. The summed E-state index contributed by atoms with van der Waals surface area (Å²) in [6.45, 7) is 1.72. The zero-order valence-corrected chi connectivity index (χ0v) is 5.57. The van der Waals surface area contributed by atoms with E-state index in [4.69, 9.17) is 4.74 Å².